The van der Waals surface area contributed by atoms with Crippen LogP contribution in [0.25, 0.3) is 0 Å². The van der Waals surface area contributed by atoms with E-state index in [-0.39, 0.29) is 41.7 Å². The predicted molar refractivity (Wildman–Crippen MR) is 136 cm³/mol. The first-order valence-electron chi connectivity index (χ1n) is 12.8. The number of rotatable bonds is 6. The number of anilines is 1. The summed E-state index contributed by atoms with van der Waals surface area (Å²) in [5.41, 5.74) is 1.55. The Kier molecular flexibility index (Phi) is 6.73. The monoisotopic (exact) mass is 520 g/mol. The Bertz CT molecular complexity index is 1330. The van der Waals surface area contributed by atoms with Gasteiger partial charge in [0.15, 0.2) is 0 Å². The molecule has 0 aliphatic carbocycles. The van der Waals surface area contributed by atoms with Gasteiger partial charge in [0.25, 0.3) is 11.8 Å². The average Bonchev–Trinajstić information content (AvgIpc) is 3.14. The molecule has 3 aliphatic rings. The molecule has 10 heteroatoms. The van der Waals surface area contributed by atoms with Crippen LogP contribution in [0.15, 0.2) is 42.5 Å². The van der Waals surface area contributed by atoms with Crippen molar-refractivity contribution in [1.29, 1.82) is 0 Å². The van der Waals surface area contributed by atoms with Gasteiger partial charge in [-0.25, -0.2) is 4.39 Å². The number of hydrogen-bond donors (Lipinski definition) is 2. The van der Waals surface area contributed by atoms with Crippen molar-refractivity contribution in [3.05, 3.63) is 65.0 Å². The van der Waals surface area contributed by atoms with Crippen LogP contribution in [0, 0.1) is 11.2 Å². The molecule has 2 N–H and O–H groups in total. The number of nitrogens with one attached hydrogen (secondary N) is 2. The maximum Gasteiger partial charge on any atom is 0.262 e. The van der Waals surface area contributed by atoms with Crippen LogP contribution in [0.2, 0.25) is 0 Å². The van der Waals surface area contributed by atoms with Gasteiger partial charge in [0.1, 0.15) is 11.9 Å². The van der Waals surface area contributed by atoms with Gasteiger partial charge >= 0.3 is 0 Å². The predicted octanol–water partition coefficient (Wildman–Crippen LogP) is 2.19. The SMILES string of the molecule is CC1(CNC(=O)Cc2ccccc2F)CCN(c2ccc3c(c2)C(=O)N(C2CCC(=O)NC2=O)C3=O)CC1. The van der Waals surface area contributed by atoms with E-state index >= 15 is 0 Å². The third-order valence-corrected chi connectivity index (χ3v) is 7.78. The summed E-state index contributed by atoms with van der Waals surface area (Å²) in [5.74, 6) is -2.71. The van der Waals surface area contributed by atoms with Crippen molar-refractivity contribution in [2.24, 2.45) is 5.41 Å². The maximum absolute atomic E-state index is 13.8. The van der Waals surface area contributed by atoms with Gasteiger partial charge in [0.05, 0.1) is 17.5 Å². The summed E-state index contributed by atoms with van der Waals surface area (Å²) in [5, 5.41) is 5.15. The summed E-state index contributed by atoms with van der Waals surface area (Å²) in [6.07, 6.45) is 1.76. The lowest BCUT2D eigenvalue weighted by atomic mass is 9.80. The first-order valence-corrected chi connectivity index (χ1v) is 12.8. The van der Waals surface area contributed by atoms with Crippen LogP contribution >= 0.6 is 0 Å². The second-order valence-electron chi connectivity index (χ2n) is 10.5. The second kappa shape index (κ2) is 10.00. The van der Waals surface area contributed by atoms with Crippen molar-refractivity contribution in [2.45, 2.75) is 45.1 Å². The molecule has 1 unspecified atom stereocenters. The van der Waals surface area contributed by atoms with E-state index in [1.165, 1.54) is 6.07 Å². The second-order valence-corrected chi connectivity index (χ2v) is 10.5. The van der Waals surface area contributed by atoms with Crippen molar-refractivity contribution < 1.29 is 28.4 Å². The number of halogens is 1. The molecule has 2 aromatic rings. The highest BCUT2D eigenvalue weighted by Crippen LogP contribution is 2.35. The van der Waals surface area contributed by atoms with Crippen LogP contribution in [0.4, 0.5) is 10.1 Å². The third-order valence-electron chi connectivity index (χ3n) is 7.78. The van der Waals surface area contributed by atoms with E-state index in [1.54, 1.807) is 36.4 Å². The molecule has 3 aliphatic heterocycles. The van der Waals surface area contributed by atoms with E-state index in [1.807, 2.05) is 0 Å². The zero-order valence-corrected chi connectivity index (χ0v) is 21.1. The third kappa shape index (κ3) is 4.90. The van der Waals surface area contributed by atoms with Gasteiger partial charge in [-0.3, -0.25) is 34.2 Å². The van der Waals surface area contributed by atoms with Crippen molar-refractivity contribution in [1.82, 2.24) is 15.5 Å². The van der Waals surface area contributed by atoms with Gasteiger partial charge in [-0.2, -0.15) is 0 Å². The van der Waals surface area contributed by atoms with Gasteiger partial charge in [-0.05, 0) is 54.5 Å². The Hall–Kier alpha value is -4.08. The molecule has 1 atom stereocenters. The summed E-state index contributed by atoms with van der Waals surface area (Å²) in [7, 11) is 0. The fourth-order valence-corrected chi connectivity index (χ4v) is 5.33. The fourth-order valence-electron chi connectivity index (χ4n) is 5.33. The highest BCUT2D eigenvalue weighted by Gasteiger charge is 2.45. The molecule has 0 saturated carbocycles. The summed E-state index contributed by atoms with van der Waals surface area (Å²) >= 11 is 0. The van der Waals surface area contributed by atoms with Crippen molar-refractivity contribution in [3.63, 3.8) is 0 Å². The molecular weight excluding hydrogens is 491 g/mol. The minimum atomic E-state index is -0.993. The Balaban J connectivity index is 1.19. The number of fused-ring (bicyclic) bond motifs is 1. The van der Waals surface area contributed by atoms with Crippen LogP contribution < -0.4 is 15.5 Å². The molecular formula is C28H29FN4O5. The van der Waals surface area contributed by atoms with Crippen LogP contribution in [-0.4, -0.2) is 60.1 Å². The molecule has 0 spiro atoms. The Morgan fingerprint density at radius 2 is 1.76 bits per heavy atom. The molecule has 9 nitrogen and oxygen atoms in total. The highest BCUT2D eigenvalue weighted by molar-refractivity contribution is 6.23. The van der Waals surface area contributed by atoms with E-state index in [2.05, 4.69) is 22.5 Å². The zero-order chi connectivity index (χ0) is 27.0. The molecule has 0 aromatic heterocycles. The summed E-state index contributed by atoms with van der Waals surface area (Å²) in [6, 6.07) is 10.4. The van der Waals surface area contributed by atoms with Gasteiger partial charge in [-0.1, -0.05) is 25.1 Å². The fraction of sp³-hybridized carbons (Fsp3) is 0.393. The van der Waals surface area contributed by atoms with E-state index in [0.29, 0.717) is 25.2 Å². The molecule has 38 heavy (non-hydrogen) atoms. The van der Waals surface area contributed by atoms with Gasteiger partial charge in [0, 0.05) is 31.7 Å². The Labute approximate surface area is 219 Å². The standard InChI is InChI=1S/C28H29FN4O5/c1-28(16-30-24(35)14-17-4-2-3-5-21(17)29)10-12-32(13-11-28)18-6-7-19-20(15-18)27(38)33(26(19)37)22-8-9-23(34)31-25(22)36/h2-7,15,22H,8-14,16H2,1H3,(H,30,35)(H,31,34,36). The van der Waals surface area contributed by atoms with Crippen LogP contribution in [0.5, 0.6) is 0 Å². The number of hydrogen-bond acceptors (Lipinski definition) is 6. The van der Waals surface area contributed by atoms with E-state index < -0.39 is 35.5 Å². The molecule has 0 bridgehead atoms. The normalized spacial score (nSPS) is 20.8. The number of carbonyl (C=O) groups is 5. The van der Waals surface area contributed by atoms with Gasteiger partial charge in [0.2, 0.25) is 17.7 Å². The first-order chi connectivity index (χ1) is 18.1. The molecule has 2 aromatic carbocycles. The lowest BCUT2D eigenvalue weighted by Gasteiger charge is -2.40. The van der Waals surface area contributed by atoms with Crippen molar-refractivity contribution >= 4 is 35.2 Å². The number of amides is 5. The van der Waals surface area contributed by atoms with E-state index in [9.17, 15) is 28.4 Å². The Morgan fingerprint density at radius 1 is 1.05 bits per heavy atom. The molecule has 3 heterocycles. The van der Waals surface area contributed by atoms with Crippen molar-refractivity contribution in [2.75, 3.05) is 24.5 Å². The topological polar surface area (TPSA) is 116 Å². The molecule has 198 valence electrons. The molecule has 5 rings (SSSR count). The quantitative estimate of drug-likeness (QED) is 0.565. The summed E-state index contributed by atoms with van der Waals surface area (Å²) < 4.78 is 13.8. The number of nitrogens with zero attached hydrogens (tertiary/aromatic N) is 2. The van der Waals surface area contributed by atoms with Gasteiger partial charge in [-0.15, -0.1) is 0 Å². The number of piperidine rings is 2. The lowest BCUT2D eigenvalue weighted by Crippen LogP contribution is -2.54. The molecule has 0 radical (unpaired) electrons. The van der Waals surface area contributed by atoms with E-state index in [0.717, 1.165) is 23.4 Å². The number of carbonyl (C=O) groups excluding carboxylic acids is 5. The van der Waals surface area contributed by atoms with Crippen LogP contribution in [0.1, 0.15) is 58.9 Å². The van der Waals surface area contributed by atoms with Crippen LogP contribution in [-0.2, 0) is 20.8 Å². The minimum Gasteiger partial charge on any atom is -0.371 e. The highest BCUT2D eigenvalue weighted by atomic mass is 19.1. The van der Waals surface area contributed by atoms with Crippen LogP contribution in [0.3, 0.4) is 0 Å². The van der Waals surface area contributed by atoms with Crippen molar-refractivity contribution in [3.8, 4) is 0 Å². The molecule has 2 saturated heterocycles. The molecule has 5 amide bonds. The smallest absolute Gasteiger partial charge is 0.262 e. The summed E-state index contributed by atoms with van der Waals surface area (Å²) in [6.45, 7) is 3.97. The number of benzene rings is 2. The maximum atomic E-state index is 13.8. The zero-order valence-electron chi connectivity index (χ0n) is 21.1. The largest absolute Gasteiger partial charge is 0.371 e. The number of imide groups is 2. The Morgan fingerprint density at radius 3 is 2.47 bits per heavy atom. The van der Waals surface area contributed by atoms with Gasteiger partial charge < -0.3 is 10.2 Å². The average molecular weight is 521 g/mol. The minimum absolute atomic E-state index is 0.00735. The first kappa shape index (κ1) is 25.6. The summed E-state index contributed by atoms with van der Waals surface area (Å²) in [4.78, 5) is 65.3. The lowest BCUT2D eigenvalue weighted by molar-refractivity contribution is -0.136. The molecule has 2 fully saturated rings. The van der Waals surface area contributed by atoms with E-state index in [4.69, 9.17) is 0 Å².